The minimum Gasteiger partial charge on any atom is -0.392 e. The van der Waals surface area contributed by atoms with Crippen molar-refractivity contribution in [3.05, 3.63) is 0 Å². The van der Waals surface area contributed by atoms with Gasteiger partial charge in [-0.15, -0.1) is 0 Å². The SMILES string of the molecule is CCCN(CC)C(=O)C(CCC)(CCC)C(N)=S. The van der Waals surface area contributed by atoms with E-state index in [9.17, 15) is 4.79 Å². The third-order valence-electron chi connectivity index (χ3n) is 3.40. The first-order valence-electron chi connectivity index (χ1n) is 7.09. The van der Waals surface area contributed by atoms with Crippen molar-refractivity contribution >= 4 is 23.1 Å². The van der Waals surface area contributed by atoms with Crippen molar-refractivity contribution in [1.82, 2.24) is 4.90 Å². The number of hydrogen-bond acceptors (Lipinski definition) is 2. The van der Waals surface area contributed by atoms with E-state index in [1.165, 1.54) is 0 Å². The number of thiocarbonyl (C=S) groups is 1. The summed E-state index contributed by atoms with van der Waals surface area (Å²) < 4.78 is 0. The summed E-state index contributed by atoms with van der Waals surface area (Å²) in [5, 5.41) is 0. The Kier molecular flexibility index (Phi) is 8.16. The molecule has 1 amide bonds. The van der Waals surface area contributed by atoms with Crippen molar-refractivity contribution in [3.8, 4) is 0 Å². The van der Waals surface area contributed by atoms with Crippen LogP contribution in [0.5, 0.6) is 0 Å². The molecule has 0 aliphatic rings. The van der Waals surface area contributed by atoms with E-state index in [1.54, 1.807) is 0 Å². The molecule has 0 aromatic rings. The van der Waals surface area contributed by atoms with Gasteiger partial charge < -0.3 is 10.6 Å². The van der Waals surface area contributed by atoms with E-state index in [0.29, 0.717) is 4.99 Å². The lowest BCUT2D eigenvalue weighted by atomic mass is 9.77. The van der Waals surface area contributed by atoms with Gasteiger partial charge in [-0.25, -0.2) is 0 Å². The molecule has 0 unspecified atom stereocenters. The lowest BCUT2D eigenvalue weighted by Crippen LogP contribution is -2.50. The van der Waals surface area contributed by atoms with Gasteiger partial charge in [0.05, 0.1) is 10.4 Å². The molecule has 0 heterocycles. The molecule has 0 atom stereocenters. The van der Waals surface area contributed by atoms with Crippen molar-refractivity contribution in [2.75, 3.05) is 13.1 Å². The van der Waals surface area contributed by atoms with Gasteiger partial charge in [-0.2, -0.15) is 0 Å². The predicted molar refractivity (Wildman–Crippen MR) is 81.6 cm³/mol. The summed E-state index contributed by atoms with van der Waals surface area (Å²) in [6.45, 7) is 9.75. The Morgan fingerprint density at radius 1 is 1.11 bits per heavy atom. The highest BCUT2D eigenvalue weighted by atomic mass is 32.1. The zero-order valence-electron chi connectivity index (χ0n) is 12.3. The first-order valence-corrected chi connectivity index (χ1v) is 7.50. The number of nitrogens with zero attached hydrogens (tertiary/aromatic N) is 1. The standard InChI is InChI=1S/C14H28N2OS/c1-5-9-14(10-6-2,12(15)18)13(17)16(8-4)11-7-3/h5-11H2,1-4H3,(H2,15,18). The maximum atomic E-state index is 12.8. The normalized spacial score (nSPS) is 11.3. The van der Waals surface area contributed by atoms with E-state index < -0.39 is 5.41 Å². The van der Waals surface area contributed by atoms with Crippen molar-refractivity contribution in [2.24, 2.45) is 11.1 Å². The van der Waals surface area contributed by atoms with Crippen LogP contribution in [0.4, 0.5) is 0 Å². The predicted octanol–water partition coefficient (Wildman–Crippen LogP) is 3.12. The van der Waals surface area contributed by atoms with Gasteiger partial charge in [0.2, 0.25) is 5.91 Å². The van der Waals surface area contributed by atoms with Crippen LogP contribution in [0.25, 0.3) is 0 Å². The van der Waals surface area contributed by atoms with Crippen molar-refractivity contribution in [2.45, 2.75) is 59.8 Å². The fraction of sp³-hybridized carbons (Fsp3) is 0.857. The molecule has 3 nitrogen and oxygen atoms in total. The lowest BCUT2D eigenvalue weighted by molar-refractivity contribution is -0.139. The van der Waals surface area contributed by atoms with E-state index in [0.717, 1.165) is 45.2 Å². The molecule has 0 aliphatic carbocycles. The van der Waals surface area contributed by atoms with Gasteiger partial charge in [0, 0.05) is 13.1 Å². The van der Waals surface area contributed by atoms with E-state index in [-0.39, 0.29) is 5.91 Å². The Morgan fingerprint density at radius 3 is 1.89 bits per heavy atom. The maximum Gasteiger partial charge on any atom is 0.235 e. The fourth-order valence-corrected chi connectivity index (χ4v) is 2.81. The average Bonchev–Trinajstić information content (AvgIpc) is 2.34. The Morgan fingerprint density at radius 2 is 1.61 bits per heavy atom. The summed E-state index contributed by atoms with van der Waals surface area (Å²) in [6.07, 6.45) is 4.33. The maximum absolute atomic E-state index is 12.8. The summed E-state index contributed by atoms with van der Waals surface area (Å²) in [5.41, 5.74) is 5.30. The van der Waals surface area contributed by atoms with Crippen molar-refractivity contribution in [1.29, 1.82) is 0 Å². The summed E-state index contributed by atoms with van der Waals surface area (Å²) >= 11 is 5.22. The molecule has 0 aliphatic heterocycles. The third kappa shape index (κ3) is 3.94. The van der Waals surface area contributed by atoms with Crippen LogP contribution in [0.2, 0.25) is 0 Å². The second-order valence-corrected chi connectivity index (χ2v) is 5.27. The molecule has 0 aromatic carbocycles. The zero-order chi connectivity index (χ0) is 14.2. The van der Waals surface area contributed by atoms with Gasteiger partial charge in [0.15, 0.2) is 0 Å². The van der Waals surface area contributed by atoms with Crippen molar-refractivity contribution < 1.29 is 4.79 Å². The molecule has 0 aromatic heterocycles. The van der Waals surface area contributed by atoms with E-state index in [4.69, 9.17) is 18.0 Å². The van der Waals surface area contributed by atoms with Gasteiger partial charge in [0.25, 0.3) is 0 Å². The Hall–Kier alpha value is -0.640. The smallest absolute Gasteiger partial charge is 0.235 e. The average molecular weight is 272 g/mol. The molecular weight excluding hydrogens is 244 g/mol. The highest BCUT2D eigenvalue weighted by molar-refractivity contribution is 7.80. The van der Waals surface area contributed by atoms with Crippen LogP contribution in [-0.2, 0) is 4.79 Å². The molecule has 2 N–H and O–H groups in total. The molecule has 0 bridgehead atoms. The van der Waals surface area contributed by atoms with Gasteiger partial charge in [-0.3, -0.25) is 4.79 Å². The number of carbonyl (C=O) groups is 1. The number of carbonyl (C=O) groups excluding carboxylic acids is 1. The highest BCUT2D eigenvalue weighted by Gasteiger charge is 2.41. The molecule has 106 valence electrons. The van der Waals surface area contributed by atoms with Crippen LogP contribution >= 0.6 is 12.2 Å². The fourth-order valence-electron chi connectivity index (χ4n) is 2.52. The molecule has 0 spiro atoms. The number of nitrogens with two attached hydrogens (primary N) is 1. The first kappa shape index (κ1) is 17.4. The topological polar surface area (TPSA) is 46.3 Å². The van der Waals surface area contributed by atoms with Crippen LogP contribution in [0.1, 0.15) is 59.8 Å². The molecule has 4 heteroatoms. The summed E-state index contributed by atoms with van der Waals surface area (Å²) in [6, 6.07) is 0. The monoisotopic (exact) mass is 272 g/mol. The Balaban J connectivity index is 5.25. The van der Waals surface area contributed by atoms with Crippen LogP contribution < -0.4 is 5.73 Å². The van der Waals surface area contributed by atoms with E-state index in [1.807, 2.05) is 11.8 Å². The van der Waals surface area contributed by atoms with Crippen LogP contribution in [0.15, 0.2) is 0 Å². The molecule has 0 saturated carbocycles. The second kappa shape index (κ2) is 8.46. The minimum absolute atomic E-state index is 0.128. The quantitative estimate of drug-likeness (QED) is 0.656. The lowest BCUT2D eigenvalue weighted by Gasteiger charge is -2.36. The van der Waals surface area contributed by atoms with Gasteiger partial charge in [-0.05, 0) is 26.2 Å². The molecule has 0 saturated heterocycles. The van der Waals surface area contributed by atoms with Gasteiger partial charge in [0.1, 0.15) is 0 Å². The highest BCUT2D eigenvalue weighted by Crippen LogP contribution is 2.33. The minimum atomic E-state index is -0.621. The van der Waals surface area contributed by atoms with Crippen LogP contribution in [-0.4, -0.2) is 28.9 Å². The van der Waals surface area contributed by atoms with Gasteiger partial charge in [-0.1, -0.05) is 45.8 Å². The summed E-state index contributed by atoms with van der Waals surface area (Å²) in [4.78, 5) is 15.0. The third-order valence-corrected chi connectivity index (χ3v) is 3.79. The Bertz CT molecular complexity index is 273. The molecule has 0 radical (unpaired) electrons. The van der Waals surface area contributed by atoms with Crippen LogP contribution in [0.3, 0.4) is 0 Å². The number of hydrogen-bond donors (Lipinski definition) is 1. The van der Waals surface area contributed by atoms with Crippen LogP contribution in [0, 0.1) is 5.41 Å². The molecular formula is C14H28N2OS. The second-order valence-electron chi connectivity index (χ2n) is 4.83. The van der Waals surface area contributed by atoms with Gasteiger partial charge >= 0.3 is 0 Å². The molecule has 0 fully saturated rings. The zero-order valence-corrected chi connectivity index (χ0v) is 13.1. The molecule has 0 rings (SSSR count). The van der Waals surface area contributed by atoms with E-state index in [2.05, 4.69) is 20.8 Å². The summed E-state index contributed by atoms with van der Waals surface area (Å²) in [5.74, 6) is 0.128. The Labute approximate surface area is 117 Å². The van der Waals surface area contributed by atoms with E-state index >= 15 is 0 Å². The number of rotatable bonds is 9. The number of amides is 1. The summed E-state index contributed by atoms with van der Waals surface area (Å²) in [7, 11) is 0. The molecule has 18 heavy (non-hydrogen) atoms. The first-order chi connectivity index (χ1) is 8.49. The largest absolute Gasteiger partial charge is 0.392 e. The van der Waals surface area contributed by atoms with Crippen molar-refractivity contribution in [3.63, 3.8) is 0 Å².